The molecule has 0 fully saturated rings. The molecule has 2 aromatic carbocycles. The van der Waals surface area contributed by atoms with Crippen LogP contribution in [0.1, 0.15) is 11.1 Å². The van der Waals surface area contributed by atoms with Gasteiger partial charge in [0.05, 0.1) is 0 Å². The van der Waals surface area contributed by atoms with Crippen LogP contribution < -0.4 is 0 Å². The van der Waals surface area contributed by atoms with E-state index in [1.807, 2.05) is 0 Å². The molecule has 0 amide bonds. The van der Waals surface area contributed by atoms with Crippen LogP contribution in [0.4, 0.5) is 35.1 Å². The highest BCUT2D eigenvalue weighted by Gasteiger charge is 2.79. The van der Waals surface area contributed by atoms with E-state index in [1.165, 1.54) is 0 Å². The summed E-state index contributed by atoms with van der Waals surface area (Å²) in [7, 11) is 0. The SMILES string of the molecule is FC(F)(Cc1ccc(Cl)cc1)C(F)(F)C(F)(F)C(F)(F)Cc1ccc(Cl)cc1. The fourth-order valence-electron chi connectivity index (χ4n) is 2.40. The van der Waals surface area contributed by atoms with Crippen LogP contribution in [-0.2, 0) is 12.8 Å². The van der Waals surface area contributed by atoms with E-state index < -0.39 is 47.7 Å². The molecular weight excluding hydrogens is 439 g/mol. The standard InChI is InChI=1S/C18H12Cl2F8/c19-13-5-1-11(2-6-13)9-15(21,22)17(25,26)18(27,28)16(23,24)10-12-3-7-14(20)8-4-12/h1-8H,9-10H2. The summed E-state index contributed by atoms with van der Waals surface area (Å²) in [6.07, 6.45) is -3.74. The second-order valence-electron chi connectivity index (χ2n) is 6.16. The van der Waals surface area contributed by atoms with Crippen molar-refractivity contribution in [3.8, 4) is 0 Å². The Balaban J connectivity index is 2.30. The maximum atomic E-state index is 14.0. The van der Waals surface area contributed by atoms with Crippen LogP contribution in [0.15, 0.2) is 48.5 Å². The second kappa shape index (κ2) is 7.71. The van der Waals surface area contributed by atoms with Gasteiger partial charge < -0.3 is 0 Å². The summed E-state index contributed by atoms with van der Waals surface area (Å²) in [5.74, 6) is -23.5. The number of rotatable bonds is 7. The Morgan fingerprint density at radius 2 is 0.750 bits per heavy atom. The molecule has 0 spiro atoms. The Hall–Kier alpha value is -1.54. The molecule has 10 heteroatoms. The molecule has 2 aromatic rings. The smallest absolute Gasteiger partial charge is 0.199 e. The summed E-state index contributed by atoms with van der Waals surface area (Å²) < 4.78 is 112. The minimum atomic E-state index is -6.32. The van der Waals surface area contributed by atoms with Gasteiger partial charge in [-0.15, -0.1) is 0 Å². The molecule has 0 radical (unpaired) electrons. The first-order chi connectivity index (χ1) is 12.7. The fourth-order valence-corrected chi connectivity index (χ4v) is 2.65. The van der Waals surface area contributed by atoms with Gasteiger partial charge in [0.1, 0.15) is 0 Å². The first kappa shape index (κ1) is 22.7. The summed E-state index contributed by atoms with van der Waals surface area (Å²) in [6, 6.07) is 7.98. The van der Waals surface area contributed by atoms with Crippen LogP contribution in [0.3, 0.4) is 0 Å². The lowest BCUT2D eigenvalue weighted by molar-refractivity contribution is -0.365. The number of hydrogen-bond acceptors (Lipinski definition) is 0. The summed E-state index contributed by atoms with van der Waals surface area (Å²) >= 11 is 11.1. The zero-order valence-electron chi connectivity index (χ0n) is 13.8. The van der Waals surface area contributed by atoms with E-state index in [2.05, 4.69) is 0 Å². The molecule has 0 nitrogen and oxygen atoms in total. The monoisotopic (exact) mass is 450 g/mol. The molecule has 0 saturated heterocycles. The van der Waals surface area contributed by atoms with Crippen LogP contribution >= 0.6 is 23.2 Å². The molecular formula is C18H12Cl2F8. The molecule has 0 unspecified atom stereocenters. The van der Waals surface area contributed by atoms with Crippen LogP contribution in [-0.4, -0.2) is 23.7 Å². The maximum absolute atomic E-state index is 14.0. The van der Waals surface area contributed by atoms with E-state index in [1.54, 1.807) is 0 Å². The highest BCUT2D eigenvalue weighted by atomic mass is 35.5. The third kappa shape index (κ3) is 4.38. The summed E-state index contributed by atoms with van der Waals surface area (Å²) in [5.41, 5.74) is -0.934. The summed E-state index contributed by atoms with van der Waals surface area (Å²) in [4.78, 5) is 0. The average Bonchev–Trinajstić information content (AvgIpc) is 2.58. The third-order valence-electron chi connectivity index (χ3n) is 3.99. The number of benzene rings is 2. The van der Waals surface area contributed by atoms with Crippen LogP contribution in [0, 0.1) is 0 Å². The predicted molar refractivity (Wildman–Crippen MR) is 90.1 cm³/mol. The van der Waals surface area contributed by atoms with E-state index in [-0.39, 0.29) is 10.0 Å². The highest BCUT2D eigenvalue weighted by Crippen LogP contribution is 2.54. The van der Waals surface area contributed by atoms with Crippen LogP contribution in [0.2, 0.25) is 10.0 Å². The molecule has 0 heterocycles. The Labute approximate surface area is 165 Å². The van der Waals surface area contributed by atoms with E-state index in [4.69, 9.17) is 23.2 Å². The topological polar surface area (TPSA) is 0 Å². The van der Waals surface area contributed by atoms with Crippen LogP contribution in [0.5, 0.6) is 0 Å². The molecule has 0 aliphatic rings. The van der Waals surface area contributed by atoms with Crippen molar-refractivity contribution in [2.75, 3.05) is 0 Å². The van der Waals surface area contributed by atoms with Crippen molar-refractivity contribution in [1.82, 2.24) is 0 Å². The molecule has 154 valence electrons. The highest BCUT2D eigenvalue weighted by molar-refractivity contribution is 6.30. The zero-order chi connectivity index (χ0) is 21.4. The van der Waals surface area contributed by atoms with Gasteiger partial charge in [-0.05, 0) is 35.4 Å². The lowest BCUT2D eigenvalue weighted by atomic mass is 9.91. The first-order valence-corrected chi connectivity index (χ1v) is 8.45. The largest absolute Gasteiger partial charge is 0.378 e. The number of hydrogen-bond donors (Lipinski definition) is 0. The van der Waals surface area contributed by atoms with Gasteiger partial charge in [0.25, 0.3) is 0 Å². The minimum absolute atomic E-state index is 0.0960. The van der Waals surface area contributed by atoms with Crippen molar-refractivity contribution in [1.29, 1.82) is 0 Å². The van der Waals surface area contributed by atoms with E-state index in [0.29, 0.717) is 0 Å². The lowest BCUT2D eigenvalue weighted by Crippen LogP contribution is -2.63. The van der Waals surface area contributed by atoms with E-state index in [9.17, 15) is 35.1 Å². The molecule has 0 aliphatic carbocycles. The van der Waals surface area contributed by atoms with Gasteiger partial charge in [-0.25, -0.2) is 0 Å². The molecule has 0 N–H and O–H groups in total. The molecule has 0 aliphatic heterocycles. The number of alkyl halides is 8. The molecule has 0 saturated carbocycles. The van der Waals surface area contributed by atoms with Gasteiger partial charge in [0.2, 0.25) is 0 Å². The van der Waals surface area contributed by atoms with Crippen molar-refractivity contribution in [3.63, 3.8) is 0 Å². The van der Waals surface area contributed by atoms with Crippen molar-refractivity contribution in [3.05, 3.63) is 69.7 Å². The Bertz CT molecular complexity index is 732. The average molecular weight is 451 g/mol. The molecule has 0 aromatic heterocycles. The Kier molecular flexibility index (Phi) is 6.26. The fraction of sp³-hybridized carbons (Fsp3) is 0.333. The maximum Gasteiger partial charge on any atom is 0.378 e. The number of halogens is 10. The first-order valence-electron chi connectivity index (χ1n) is 7.70. The molecule has 28 heavy (non-hydrogen) atoms. The van der Waals surface area contributed by atoms with Gasteiger partial charge in [0, 0.05) is 22.9 Å². The van der Waals surface area contributed by atoms with Gasteiger partial charge >= 0.3 is 23.7 Å². The molecule has 0 atom stereocenters. The van der Waals surface area contributed by atoms with Crippen molar-refractivity contribution < 1.29 is 35.1 Å². The van der Waals surface area contributed by atoms with E-state index >= 15 is 0 Å². The van der Waals surface area contributed by atoms with Gasteiger partial charge in [-0.2, -0.15) is 35.1 Å². The van der Waals surface area contributed by atoms with Gasteiger partial charge in [-0.3, -0.25) is 0 Å². The lowest BCUT2D eigenvalue weighted by Gasteiger charge is -2.37. The minimum Gasteiger partial charge on any atom is -0.199 e. The second-order valence-corrected chi connectivity index (χ2v) is 7.04. The van der Waals surface area contributed by atoms with Gasteiger partial charge in [0.15, 0.2) is 0 Å². The van der Waals surface area contributed by atoms with Crippen molar-refractivity contribution in [2.45, 2.75) is 36.5 Å². The quantitative estimate of drug-likeness (QED) is 0.387. The van der Waals surface area contributed by atoms with Crippen molar-refractivity contribution >= 4 is 23.2 Å². The Morgan fingerprint density at radius 3 is 1.00 bits per heavy atom. The van der Waals surface area contributed by atoms with Crippen LogP contribution in [0.25, 0.3) is 0 Å². The van der Waals surface area contributed by atoms with Gasteiger partial charge in [-0.1, -0.05) is 47.5 Å². The summed E-state index contributed by atoms with van der Waals surface area (Å²) in [6.45, 7) is 0. The normalized spacial score (nSPS) is 13.6. The Morgan fingerprint density at radius 1 is 0.500 bits per heavy atom. The predicted octanol–water partition coefficient (Wildman–Crippen LogP) is 7.32. The third-order valence-corrected chi connectivity index (χ3v) is 4.50. The van der Waals surface area contributed by atoms with Crippen molar-refractivity contribution in [2.24, 2.45) is 0 Å². The zero-order valence-corrected chi connectivity index (χ0v) is 15.3. The molecule has 2 rings (SSSR count). The summed E-state index contributed by atoms with van der Waals surface area (Å²) in [5, 5.41) is 0.192. The molecule has 0 bridgehead atoms. The van der Waals surface area contributed by atoms with E-state index in [0.717, 1.165) is 48.5 Å².